The molecule has 3 aromatic carbocycles. The quantitative estimate of drug-likeness (QED) is 0.437. The van der Waals surface area contributed by atoms with Crippen LogP contribution in [0.4, 0.5) is 5.69 Å². The Labute approximate surface area is 198 Å². The van der Waals surface area contributed by atoms with E-state index in [1.54, 1.807) is 31.4 Å². The zero-order valence-electron chi connectivity index (χ0n) is 18.3. The van der Waals surface area contributed by atoms with Crippen molar-refractivity contribution in [1.82, 2.24) is 5.32 Å². The van der Waals surface area contributed by atoms with Crippen LogP contribution in [-0.2, 0) is 16.4 Å². The molecule has 2 N–H and O–H groups in total. The summed E-state index contributed by atoms with van der Waals surface area (Å²) in [6.07, 6.45) is 0.546. The minimum atomic E-state index is -3.93. The first-order chi connectivity index (χ1) is 15.8. The van der Waals surface area contributed by atoms with Crippen molar-refractivity contribution >= 4 is 33.2 Å². The third-order valence-corrected chi connectivity index (χ3v) is 6.49. The highest BCUT2D eigenvalue weighted by molar-refractivity contribution is 7.92. The minimum absolute atomic E-state index is 0.0735. The second kappa shape index (κ2) is 11.1. The number of sulfonamides is 1. The molecule has 174 valence electrons. The molecule has 0 heterocycles. The summed E-state index contributed by atoms with van der Waals surface area (Å²) in [5.41, 5.74) is 1.39. The van der Waals surface area contributed by atoms with Crippen molar-refractivity contribution in [3.8, 4) is 11.5 Å². The van der Waals surface area contributed by atoms with Crippen molar-refractivity contribution in [2.24, 2.45) is 0 Å². The van der Waals surface area contributed by atoms with Gasteiger partial charge < -0.3 is 14.8 Å². The van der Waals surface area contributed by atoms with E-state index in [9.17, 15) is 13.2 Å². The van der Waals surface area contributed by atoms with Crippen LogP contribution in [0.15, 0.2) is 71.6 Å². The van der Waals surface area contributed by atoms with Crippen molar-refractivity contribution in [2.45, 2.75) is 18.2 Å². The van der Waals surface area contributed by atoms with Gasteiger partial charge in [0.2, 0.25) is 0 Å². The lowest BCUT2D eigenvalue weighted by Crippen LogP contribution is -2.26. The van der Waals surface area contributed by atoms with Crippen LogP contribution >= 0.6 is 11.6 Å². The molecule has 0 atom stereocenters. The number of para-hydroxylation sites is 1. The van der Waals surface area contributed by atoms with Gasteiger partial charge in [-0.05, 0) is 67.4 Å². The van der Waals surface area contributed by atoms with Gasteiger partial charge in [-0.1, -0.05) is 29.8 Å². The van der Waals surface area contributed by atoms with E-state index < -0.39 is 15.9 Å². The fourth-order valence-electron chi connectivity index (χ4n) is 3.16. The molecule has 33 heavy (non-hydrogen) atoms. The average Bonchev–Trinajstić information content (AvgIpc) is 2.80. The van der Waals surface area contributed by atoms with Crippen LogP contribution in [0.2, 0.25) is 5.02 Å². The third kappa shape index (κ3) is 6.40. The van der Waals surface area contributed by atoms with Gasteiger partial charge in [-0.3, -0.25) is 9.52 Å². The lowest BCUT2D eigenvalue weighted by molar-refractivity contribution is 0.0954. The molecule has 7 nitrogen and oxygen atoms in total. The molecule has 3 aromatic rings. The number of hydrogen-bond donors (Lipinski definition) is 2. The molecule has 0 fully saturated rings. The van der Waals surface area contributed by atoms with Gasteiger partial charge in [0.05, 0.1) is 29.2 Å². The maximum atomic E-state index is 12.8. The Morgan fingerprint density at radius 3 is 2.45 bits per heavy atom. The number of amides is 1. The number of hydrogen-bond acceptors (Lipinski definition) is 5. The molecule has 0 saturated heterocycles. The zero-order chi connectivity index (χ0) is 23.8. The first kappa shape index (κ1) is 24.4. The van der Waals surface area contributed by atoms with Crippen LogP contribution in [-0.4, -0.2) is 34.6 Å². The molecule has 0 unspecified atom stereocenters. The number of benzene rings is 3. The molecular formula is C24H25ClN2O5S. The summed E-state index contributed by atoms with van der Waals surface area (Å²) in [6, 6.07) is 18.1. The summed E-state index contributed by atoms with van der Waals surface area (Å²) in [5, 5.41) is 2.94. The van der Waals surface area contributed by atoms with Gasteiger partial charge in [-0.25, -0.2) is 8.42 Å². The first-order valence-corrected chi connectivity index (χ1v) is 12.2. The maximum Gasteiger partial charge on any atom is 0.261 e. The third-order valence-electron chi connectivity index (χ3n) is 4.78. The first-order valence-electron chi connectivity index (χ1n) is 10.3. The fraction of sp³-hybridized carbons (Fsp3) is 0.208. The Morgan fingerprint density at radius 2 is 1.76 bits per heavy atom. The summed E-state index contributed by atoms with van der Waals surface area (Å²) >= 11 is 6.18. The molecule has 0 radical (unpaired) electrons. The fourth-order valence-corrected chi connectivity index (χ4v) is 4.45. The zero-order valence-corrected chi connectivity index (χ0v) is 19.9. The Hall–Kier alpha value is -3.23. The second-order valence-electron chi connectivity index (χ2n) is 7.02. The molecule has 0 spiro atoms. The molecule has 0 aliphatic carbocycles. The standard InChI is InChI=1S/C24H25ClN2O5S/c1-3-32-19-10-8-18(9-11-19)27-33(29,30)20-12-13-22(25)21(16-20)24(28)26-15-14-17-6-4-5-7-23(17)31-2/h4-13,16,27H,3,14-15H2,1-2H3,(H,26,28). The number of halogens is 1. The van der Waals surface area contributed by atoms with Gasteiger partial charge in [-0.2, -0.15) is 0 Å². The number of ether oxygens (including phenoxy) is 2. The largest absolute Gasteiger partial charge is 0.496 e. The van der Waals surface area contributed by atoms with Crippen LogP contribution in [0, 0.1) is 0 Å². The summed E-state index contributed by atoms with van der Waals surface area (Å²) in [7, 11) is -2.34. The second-order valence-corrected chi connectivity index (χ2v) is 9.11. The number of methoxy groups -OCH3 is 1. The normalized spacial score (nSPS) is 11.0. The topological polar surface area (TPSA) is 93.7 Å². The number of nitrogens with one attached hydrogen (secondary N) is 2. The van der Waals surface area contributed by atoms with E-state index in [1.165, 1.54) is 18.2 Å². The van der Waals surface area contributed by atoms with Gasteiger partial charge in [0, 0.05) is 12.2 Å². The number of anilines is 1. The van der Waals surface area contributed by atoms with E-state index >= 15 is 0 Å². The molecule has 0 aliphatic rings. The van der Waals surface area contributed by atoms with E-state index in [4.69, 9.17) is 21.1 Å². The molecule has 0 saturated carbocycles. The minimum Gasteiger partial charge on any atom is -0.496 e. The van der Waals surface area contributed by atoms with Crippen molar-refractivity contribution in [2.75, 3.05) is 25.0 Å². The van der Waals surface area contributed by atoms with Crippen LogP contribution in [0.1, 0.15) is 22.8 Å². The Balaban J connectivity index is 1.70. The lowest BCUT2D eigenvalue weighted by Gasteiger charge is -2.12. The van der Waals surface area contributed by atoms with Gasteiger partial charge in [0.15, 0.2) is 0 Å². The van der Waals surface area contributed by atoms with Crippen molar-refractivity contribution in [1.29, 1.82) is 0 Å². The van der Waals surface area contributed by atoms with E-state index in [-0.39, 0.29) is 15.5 Å². The van der Waals surface area contributed by atoms with Crippen LogP contribution in [0.5, 0.6) is 11.5 Å². The average molecular weight is 489 g/mol. The summed E-state index contributed by atoms with van der Waals surface area (Å²) in [6.45, 7) is 2.71. The molecular weight excluding hydrogens is 464 g/mol. The van der Waals surface area contributed by atoms with Crippen molar-refractivity contribution in [3.05, 3.63) is 82.9 Å². The molecule has 9 heteroatoms. The van der Waals surface area contributed by atoms with Crippen LogP contribution in [0.25, 0.3) is 0 Å². The Kier molecular flexibility index (Phi) is 8.19. The maximum absolute atomic E-state index is 12.8. The molecule has 0 aliphatic heterocycles. The highest BCUT2D eigenvalue weighted by atomic mass is 35.5. The van der Waals surface area contributed by atoms with E-state index in [2.05, 4.69) is 10.0 Å². The van der Waals surface area contributed by atoms with Gasteiger partial charge >= 0.3 is 0 Å². The van der Waals surface area contributed by atoms with Crippen LogP contribution < -0.4 is 19.5 Å². The summed E-state index contributed by atoms with van der Waals surface area (Å²) < 4.78 is 38.8. The highest BCUT2D eigenvalue weighted by Crippen LogP contribution is 2.24. The number of carbonyl (C=O) groups excluding carboxylic acids is 1. The molecule has 1 amide bonds. The van der Waals surface area contributed by atoms with E-state index in [0.717, 1.165) is 11.3 Å². The molecule has 3 rings (SSSR count). The predicted octanol–water partition coefficient (Wildman–Crippen LogP) is 4.52. The highest BCUT2D eigenvalue weighted by Gasteiger charge is 2.19. The monoisotopic (exact) mass is 488 g/mol. The van der Waals surface area contributed by atoms with Crippen molar-refractivity contribution < 1.29 is 22.7 Å². The SMILES string of the molecule is CCOc1ccc(NS(=O)(=O)c2ccc(Cl)c(C(=O)NCCc3ccccc3OC)c2)cc1. The van der Waals surface area contributed by atoms with Gasteiger partial charge in [0.25, 0.3) is 15.9 Å². The Morgan fingerprint density at radius 1 is 1.03 bits per heavy atom. The molecule has 0 bridgehead atoms. The van der Waals surface area contributed by atoms with Gasteiger partial charge in [-0.15, -0.1) is 0 Å². The van der Waals surface area contributed by atoms with Gasteiger partial charge in [0.1, 0.15) is 11.5 Å². The van der Waals surface area contributed by atoms with E-state index in [0.29, 0.717) is 31.0 Å². The van der Waals surface area contributed by atoms with E-state index in [1.807, 2.05) is 31.2 Å². The Bertz CT molecular complexity index is 1210. The van der Waals surface area contributed by atoms with Crippen molar-refractivity contribution in [3.63, 3.8) is 0 Å². The number of rotatable bonds is 10. The number of carbonyl (C=O) groups is 1. The van der Waals surface area contributed by atoms with Crippen LogP contribution in [0.3, 0.4) is 0 Å². The summed E-state index contributed by atoms with van der Waals surface area (Å²) in [5.74, 6) is 0.908. The lowest BCUT2D eigenvalue weighted by atomic mass is 10.1. The smallest absolute Gasteiger partial charge is 0.261 e. The molecule has 0 aromatic heterocycles. The predicted molar refractivity (Wildman–Crippen MR) is 129 cm³/mol. The summed E-state index contributed by atoms with van der Waals surface area (Å²) in [4.78, 5) is 12.6.